The van der Waals surface area contributed by atoms with Crippen LogP contribution in [0.4, 0.5) is 11.5 Å². The highest BCUT2D eigenvalue weighted by molar-refractivity contribution is 5.44. The van der Waals surface area contributed by atoms with E-state index in [4.69, 9.17) is 0 Å². The summed E-state index contributed by atoms with van der Waals surface area (Å²) in [4.78, 5) is 16.3. The van der Waals surface area contributed by atoms with Crippen LogP contribution in [0, 0.1) is 17.0 Å². The van der Waals surface area contributed by atoms with Gasteiger partial charge < -0.3 is 10.2 Å². The molecule has 0 bridgehead atoms. The van der Waals surface area contributed by atoms with Gasteiger partial charge in [-0.25, -0.2) is 4.98 Å². The first-order valence-corrected chi connectivity index (χ1v) is 5.01. The molecule has 0 spiro atoms. The van der Waals surface area contributed by atoms with Crippen LogP contribution in [0.1, 0.15) is 5.69 Å². The molecule has 16 heavy (non-hydrogen) atoms. The summed E-state index contributed by atoms with van der Waals surface area (Å²) in [6.07, 6.45) is 0. The Morgan fingerprint density at radius 1 is 1.50 bits per heavy atom. The van der Waals surface area contributed by atoms with Gasteiger partial charge in [-0.1, -0.05) is 0 Å². The van der Waals surface area contributed by atoms with E-state index in [1.807, 2.05) is 19.0 Å². The van der Waals surface area contributed by atoms with E-state index in [-0.39, 0.29) is 5.69 Å². The summed E-state index contributed by atoms with van der Waals surface area (Å²) in [7, 11) is 3.96. The largest absolute Gasteiger partial charge is 0.369 e. The van der Waals surface area contributed by atoms with Gasteiger partial charge in [0.25, 0.3) is 5.69 Å². The van der Waals surface area contributed by atoms with Gasteiger partial charge in [0.15, 0.2) is 0 Å². The van der Waals surface area contributed by atoms with Gasteiger partial charge in [-0.3, -0.25) is 10.1 Å². The number of nitrogens with one attached hydrogen (secondary N) is 1. The van der Waals surface area contributed by atoms with Crippen molar-refractivity contribution in [2.45, 2.75) is 6.92 Å². The Morgan fingerprint density at radius 3 is 2.69 bits per heavy atom. The zero-order valence-electron chi connectivity index (χ0n) is 9.73. The molecule has 0 saturated heterocycles. The molecule has 1 aromatic heterocycles. The molecule has 6 nitrogen and oxygen atoms in total. The third-order valence-electron chi connectivity index (χ3n) is 2.12. The van der Waals surface area contributed by atoms with Crippen molar-refractivity contribution in [3.63, 3.8) is 0 Å². The van der Waals surface area contributed by atoms with Gasteiger partial charge in [-0.05, 0) is 27.1 Å². The van der Waals surface area contributed by atoms with Crippen LogP contribution in [0.5, 0.6) is 0 Å². The maximum absolute atomic E-state index is 10.6. The first-order chi connectivity index (χ1) is 7.50. The van der Waals surface area contributed by atoms with E-state index in [2.05, 4.69) is 10.3 Å². The minimum Gasteiger partial charge on any atom is -0.369 e. The van der Waals surface area contributed by atoms with Crippen molar-refractivity contribution in [2.75, 3.05) is 32.5 Å². The van der Waals surface area contributed by atoms with Gasteiger partial charge in [-0.2, -0.15) is 0 Å². The zero-order chi connectivity index (χ0) is 12.1. The van der Waals surface area contributed by atoms with Gasteiger partial charge in [0, 0.05) is 19.2 Å². The highest BCUT2D eigenvalue weighted by Gasteiger charge is 2.11. The molecule has 0 fully saturated rings. The van der Waals surface area contributed by atoms with Gasteiger partial charge in [0.1, 0.15) is 11.5 Å². The number of nitrogens with zero attached hydrogens (tertiary/aromatic N) is 3. The topological polar surface area (TPSA) is 71.3 Å². The van der Waals surface area contributed by atoms with Gasteiger partial charge in [0.2, 0.25) is 0 Å². The smallest absolute Gasteiger partial charge is 0.290 e. The normalized spacial score (nSPS) is 10.5. The molecule has 1 N–H and O–H groups in total. The van der Waals surface area contributed by atoms with Crippen molar-refractivity contribution < 1.29 is 4.92 Å². The van der Waals surface area contributed by atoms with Crippen molar-refractivity contribution in [3.8, 4) is 0 Å². The monoisotopic (exact) mass is 224 g/mol. The molecular formula is C10H16N4O2. The Kier molecular flexibility index (Phi) is 4.19. The minimum absolute atomic E-state index is 0.0539. The number of aromatic nitrogens is 1. The lowest BCUT2D eigenvalue weighted by atomic mass is 10.3. The number of rotatable bonds is 5. The molecule has 0 amide bonds. The number of hydrogen-bond acceptors (Lipinski definition) is 5. The van der Waals surface area contributed by atoms with Crippen molar-refractivity contribution in [2.24, 2.45) is 0 Å². The van der Waals surface area contributed by atoms with Gasteiger partial charge in [0.05, 0.1) is 4.92 Å². The molecule has 0 aromatic carbocycles. The van der Waals surface area contributed by atoms with Crippen molar-refractivity contribution >= 4 is 11.5 Å². The Bertz CT molecular complexity index is 379. The number of likely N-dealkylation sites (N-methyl/N-ethyl adjacent to an activating group) is 1. The molecule has 0 aliphatic carbocycles. The average Bonchev–Trinajstić information content (AvgIpc) is 2.16. The molecule has 1 aromatic rings. The van der Waals surface area contributed by atoms with Crippen LogP contribution in [0.3, 0.4) is 0 Å². The number of nitro groups is 1. The van der Waals surface area contributed by atoms with Gasteiger partial charge in [-0.15, -0.1) is 0 Å². The van der Waals surface area contributed by atoms with E-state index in [1.54, 1.807) is 13.0 Å². The third kappa shape index (κ3) is 3.47. The lowest BCUT2D eigenvalue weighted by molar-refractivity contribution is -0.385. The molecule has 0 aliphatic rings. The molecule has 0 atom stereocenters. The summed E-state index contributed by atoms with van der Waals surface area (Å²) in [5, 5.41) is 13.7. The lowest BCUT2D eigenvalue weighted by Crippen LogP contribution is -2.21. The molecule has 0 radical (unpaired) electrons. The SMILES string of the molecule is Cc1nc(NCCN(C)C)ccc1[N+](=O)[O-]. The third-order valence-corrected chi connectivity index (χ3v) is 2.12. The molecule has 1 heterocycles. The van der Waals surface area contributed by atoms with Crippen LogP contribution < -0.4 is 5.32 Å². The molecular weight excluding hydrogens is 208 g/mol. The molecule has 88 valence electrons. The van der Waals surface area contributed by atoms with Crippen LogP contribution in [-0.2, 0) is 0 Å². The Balaban J connectivity index is 2.63. The lowest BCUT2D eigenvalue weighted by Gasteiger charge is -2.10. The number of pyridine rings is 1. The summed E-state index contributed by atoms with van der Waals surface area (Å²) in [6, 6.07) is 3.10. The second kappa shape index (κ2) is 5.41. The van der Waals surface area contributed by atoms with E-state index in [1.165, 1.54) is 6.07 Å². The second-order valence-corrected chi connectivity index (χ2v) is 3.79. The fraction of sp³-hybridized carbons (Fsp3) is 0.500. The van der Waals surface area contributed by atoms with Crippen LogP contribution >= 0.6 is 0 Å². The van der Waals surface area contributed by atoms with Crippen molar-refractivity contribution in [3.05, 3.63) is 27.9 Å². The summed E-state index contributed by atoms with van der Waals surface area (Å²) in [5.74, 6) is 0.671. The van der Waals surface area contributed by atoms with Crippen LogP contribution in [0.2, 0.25) is 0 Å². The van der Waals surface area contributed by atoms with Crippen LogP contribution in [-0.4, -0.2) is 42.0 Å². The van der Waals surface area contributed by atoms with Crippen LogP contribution in [0.15, 0.2) is 12.1 Å². The summed E-state index contributed by atoms with van der Waals surface area (Å²) < 4.78 is 0. The Hall–Kier alpha value is -1.69. The fourth-order valence-corrected chi connectivity index (χ4v) is 1.25. The van der Waals surface area contributed by atoms with Crippen molar-refractivity contribution in [1.29, 1.82) is 0 Å². The van der Waals surface area contributed by atoms with Crippen molar-refractivity contribution in [1.82, 2.24) is 9.88 Å². The summed E-state index contributed by atoms with van der Waals surface area (Å²) in [5.41, 5.74) is 0.484. The number of hydrogen-bond donors (Lipinski definition) is 1. The highest BCUT2D eigenvalue weighted by atomic mass is 16.6. The first kappa shape index (κ1) is 12.4. The maximum atomic E-state index is 10.6. The van der Waals surface area contributed by atoms with E-state index in [0.29, 0.717) is 11.5 Å². The molecule has 6 heteroatoms. The maximum Gasteiger partial charge on any atom is 0.290 e. The molecule has 0 saturated carbocycles. The van der Waals surface area contributed by atoms with Gasteiger partial charge >= 0.3 is 0 Å². The van der Waals surface area contributed by atoms with E-state index < -0.39 is 4.92 Å². The quantitative estimate of drug-likeness (QED) is 0.602. The van der Waals surface area contributed by atoms with E-state index in [0.717, 1.165) is 13.1 Å². The zero-order valence-corrected chi connectivity index (χ0v) is 9.73. The van der Waals surface area contributed by atoms with Crippen LogP contribution in [0.25, 0.3) is 0 Å². The number of aryl methyl sites for hydroxylation is 1. The standard InChI is InChI=1S/C10H16N4O2/c1-8-9(14(15)16)4-5-10(12-8)11-6-7-13(2)3/h4-5H,6-7H2,1-3H3,(H,11,12). The summed E-state index contributed by atoms with van der Waals surface area (Å²) >= 11 is 0. The second-order valence-electron chi connectivity index (χ2n) is 3.79. The highest BCUT2D eigenvalue weighted by Crippen LogP contribution is 2.17. The Morgan fingerprint density at radius 2 is 2.19 bits per heavy atom. The van der Waals surface area contributed by atoms with E-state index >= 15 is 0 Å². The summed E-state index contributed by atoms with van der Waals surface area (Å²) in [6.45, 7) is 3.28. The fourth-order valence-electron chi connectivity index (χ4n) is 1.25. The predicted octanol–water partition coefficient (Wildman–Crippen LogP) is 1.27. The minimum atomic E-state index is -0.425. The molecule has 1 rings (SSSR count). The molecule has 0 unspecified atom stereocenters. The number of anilines is 1. The van der Waals surface area contributed by atoms with E-state index in [9.17, 15) is 10.1 Å². The first-order valence-electron chi connectivity index (χ1n) is 5.01. The average molecular weight is 224 g/mol. The Labute approximate surface area is 94.4 Å². The molecule has 0 aliphatic heterocycles. The predicted molar refractivity (Wildman–Crippen MR) is 62.7 cm³/mol.